The van der Waals surface area contributed by atoms with E-state index in [0.29, 0.717) is 6.61 Å². The molecular weight excluding hydrogens is 472 g/mol. The molecule has 0 amide bonds. The van der Waals surface area contributed by atoms with Crippen LogP contribution in [0.25, 0.3) is 28.0 Å². The summed E-state index contributed by atoms with van der Waals surface area (Å²) in [4.78, 5) is 11.5. The Morgan fingerprint density at radius 3 is 2.18 bits per heavy atom. The number of carbonyl (C=O) groups is 1. The highest BCUT2D eigenvalue weighted by atomic mass is 16.5. The summed E-state index contributed by atoms with van der Waals surface area (Å²) in [6.07, 6.45) is 8.73. The Labute approximate surface area is 225 Å². The third-order valence-corrected chi connectivity index (χ3v) is 6.81. The first kappa shape index (κ1) is 27.0. The van der Waals surface area contributed by atoms with Crippen molar-refractivity contribution in [1.29, 1.82) is 0 Å². The van der Waals surface area contributed by atoms with Crippen LogP contribution >= 0.6 is 0 Å². The molecule has 38 heavy (non-hydrogen) atoms. The van der Waals surface area contributed by atoms with Gasteiger partial charge in [0.05, 0.1) is 20.8 Å². The number of unbranched alkanes of at least 4 members (excludes halogenated alkanes) is 2. The zero-order chi connectivity index (χ0) is 26.7. The molecule has 4 nitrogen and oxygen atoms in total. The van der Waals surface area contributed by atoms with Crippen molar-refractivity contribution < 1.29 is 19.0 Å². The highest BCUT2D eigenvalue weighted by Gasteiger charge is 2.11. The molecule has 0 saturated heterocycles. The lowest BCUT2D eigenvalue weighted by Crippen LogP contribution is -1.98. The molecule has 0 radical (unpaired) electrons. The normalized spacial score (nSPS) is 11.1. The van der Waals surface area contributed by atoms with Crippen LogP contribution in [-0.2, 0) is 22.4 Å². The minimum absolute atomic E-state index is 0.308. The van der Waals surface area contributed by atoms with E-state index in [0.717, 1.165) is 49.2 Å². The number of benzene rings is 4. The van der Waals surface area contributed by atoms with E-state index < -0.39 is 0 Å². The summed E-state index contributed by atoms with van der Waals surface area (Å²) in [7, 11) is 3.41. The summed E-state index contributed by atoms with van der Waals surface area (Å²) in [6, 6.07) is 27.5. The van der Waals surface area contributed by atoms with E-state index in [1.165, 1.54) is 39.1 Å². The molecule has 0 bridgehead atoms. The quantitative estimate of drug-likeness (QED) is 0.110. The number of hydrogen-bond acceptors (Lipinski definition) is 4. The number of hydrogen-bond donors (Lipinski definition) is 0. The van der Waals surface area contributed by atoms with Gasteiger partial charge in [0, 0.05) is 6.08 Å². The number of methoxy groups -OCH3 is 2. The molecule has 0 heterocycles. The van der Waals surface area contributed by atoms with Crippen LogP contribution in [0, 0.1) is 0 Å². The second-order valence-corrected chi connectivity index (χ2v) is 9.29. The van der Waals surface area contributed by atoms with E-state index in [1.807, 2.05) is 12.1 Å². The molecule has 0 fully saturated rings. The van der Waals surface area contributed by atoms with E-state index in [-0.39, 0.29) is 5.97 Å². The summed E-state index contributed by atoms with van der Waals surface area (Å²) < 4.78 is 15.8. The van der Waals surface area contributed by atoms with Crippen molar-refractivity contribution >= 4 is 22.8 Å². The number of aryl methyl sites for hydroxylation is 2. The Morgan fingerprint density at radius 2 is 1.47 bits per heavy atom. The zero-order valence-electron chi connectivity index (χ0n) is 22.5. The Kier molecular flexibility index (Phi) is 9.58. The first-order valence-electron chi connectivity index (χ1n) is 13.3. The van der Waals surface area contributed by atoms with Crippen LogP contribution in [0.15, 0.2) is 84.9 Å². The van der Waals surface area contributed by atoms with Gasteiger partial charge in [0.2, 0.25) is 0 Å². The molecule has 0 aliphatic heterocycles. The fraction of sp³-hybridized carbons (Fsp3) is 0.265. The molecule has 0 aliphatic carbocycles. The molecular formula is C34H36O4. The van der Waals surface area contributed by atoms with Gasteiger partial charge in [-0.25, -0.2) is 4.79 Å². The maximum atomic E-state index is 11.5. The van der Waals surface area contributed by atoms with Gasteiger partial charge in [-0.05, 0) is 102 Å². The number of fused-ring (bicyclic) bond motifs is 1. The van der Waals surface area contributed by atoms with Crippen molar-refractivity contribution in [2.24, 2.45) is 0 Å². The Balaban J connectivity index is 1.41. The molecule has 0 saturated carbocycles. The predicted octanol–water partition coefficient (Wildman–Crippen LogP) is 8.06. The van der Waals surface area contributed by atoms with E-state index in [9.17, 15) is 4.79 Å². The minimum atomic E-state index is -0.308. The van der Waals surface area contributed by atoms with Crippen LogP contribution in [-0.4, -0.2) is 26.8 Å². The molecule has 0 aromatic heterocycles. The third kappa shape index (κ3) is 7.04. The number of carbonyl (C=O) groups excluding carboxylic acids is 1. The Bertz CT molecular complexity index is 1370. The van der Waals surface area contributed by atoms with Crippen molar-refractivity contribution in [2.45, 2.75) is 39.0 Å². The topological polar surface area (TPSA) is 44.8 Å². The highest BCUT2D eigenvalue weighted by Crippen LogP contribution is 2.34. The van der Waals surface area contributed by atoms with Crippen LogP contribution in [0.2, 0.25) is 0 Å². The summed E-state index contributed by atoms with van der Waals surface area (Å²) in [5.74, 6) is 1.43. The van der Waals surface area contributed by atoms with E-state index in [2.05, 4.69) is 66.7 Å². The van der Waals surface area contributed by atoms with Crippen LogP contribution in [0.1, 0.15) is 42.9 Å². The average molecular weight is 509 g/mol. The van der Waals surface area contributed by atoms with Gasteiger partial charge in [-0.1, -0.05) is 61.0 Å². The average Bonchev–Trinajstić information content (AvgIpc) is 2.96. The first-order valence-corrected chi connectivity index (χ1v) is 13.3. The van der Waals surface area contributed by atoms with Gasteiger partial charge in [-0.15, -0.1) is 0 Å². The third-order valence-electron chi connectivity index (χ3n) is 6.81. The molecule has 4 heteroatoms. The van der Waals surface area contributed by atoms with E-state index in [1.54, 1.807) is 27.2 Å². The maximum absolute atomic E-state index is 11.5. The van der Waals surface area contributed by atoms with Gasteiger partial charge < -0.3 is 14.2 Å². The lowest BCUT2D eigenvalue weighted by molar-refractivity contribution is -0.137. The van der Waals surface area contributed by atoms with Crippen molar-refractivity contribution in [2.75, 3.05) is 20.8 Å². The van der Waals surface area contributed by atoms with Gasteiger partial charge in [0.15, 0.2) is 0 Å². The molecule has 4 aromatic rings. The maximum Gasteiger partial charge on any atom is 0.330 e. The van der Waals surface area contributed by atoms with E-state index in [4.69, 9.17) is 14.2 Å². The number of rotatable bonds is 12. The minimum Gasteiger partial charge on any atom is -0.497 e. The highest BCUT2D eigenvalue weighted by molar-refractivity contribution is 5.93. The molecule has 0 N–H and O–H groups in total. The molecule has 0 aliphatic rings. The first-order chi connectivity index (χ1) is 18.6. The molecule has 196 valence electrons. The molecule has 4 aromatic carbocycles. The smallest absolute Gasteiger partial charge is 0.330 e. The second-order valence-electron chi connectivity index (χ2n) is 9.29. The zero-order valence-corrected chi connectivity index (χ0v) is 22.5. The second kappa shape index (κ2) is 13.5. The molecule has 0 unspecified atom stereocenters. The predicted molar refractivity (Wildman–Crippen MR) is 156 cm³/mol. The molecule has 4 rings (SSSR count). The summed E-state index contributed by atoms with van der Waals surface area (Å²) in [5, 5.41) is 2.49. The fourth-order valence-electron chi connectivity index (χ4n) is 4.77. The lowest BCUT2D eigenvalue weighted by Gasteiger charge is -2.15. The lowest BCUT2D eigenvalue weighted by atomic mass is 9.90. The molecule has 0 atom stereocenters. The van der Waals surface area contributed by atoms with Gasteiger partial charge in [-0.3, -0.25) is 0 Å². The van der Waals surface area contributed by atoms with Crippen LogP contribution in [0.3, 0.4) is 0 Å². The standard InChI is InChI=1S/C34H36O4/c1-4-38-34(35)23-14-26-12-10-25(11-13-26)8-6-5-7-9-33-31(27-15-18-29(36-2)19-16-27)21-17-28-24-30(37-3)20-22-32(28)33/h10-24H,4-9H2,1-3H3/b23-14+. The van der Waals surface area contributed by atoms with E-state index >= 15 is 0 Å². The summed E-state index contributed by atoms with van der Waals surface area (Å²) in [5.41, 5.74) is 6.18. The Morgan fingerprint density at radius 1 is 0.763 bits per heavy atom. The summed E-state index contributed by atoms with van der Waals surface area (Å²) >= 11 is 0. The van der Waals surface area contributed by atoms with Gasteiger partial charge in [0.25, 0.3) is 0 Å². The van der Waals surface area contributed by atoms with Gasteiger partial charge in [0.1, 0.15) is 11.5 Å². The summed E-state index contributed by atoms with van der Waals surface area (Å²) in [6.45, 7) is 2.19. The van der Waals surface area contributed by atoms with Crippen LogP contribution in [0.4, 0.5) is 0 Å². The van der Waals surface area contributed by atoms with Crippen molar-refractivity contribution in [3.8, 4) is 22.6 Å². The van der Waals surface area contributed by atoms with Crippen LogP contribution < -0.4 is 9.47 Å². The largest absolute Gasteiger partial charge is 0.497 e. The van der Waals surface area contributed by atoms with Crippen molar-refractivity contribution in [3.05, 3.63) is 102 Å². The number of esters is 1. The van der Waals surface area contributed by atoms with Crippen molar-refractivity contribution in [3.63, 3.8) is 0 Å². The van der Waals surface area contributed by atoms with Gasteiger partial charge in [-0.2, -0.15) is 0 Å². The van der Waals surface area contributed by atoms with Crippen LogP contribution in [0.5, 0.6) is 11.5 Å². The van der Waals surface area contributed by atoms with Gasteiger partial charge >= 0.3 is 5.97 Å². The van der Waals surface area contributed by atoms with Crippen molar-refractivity contribution in [1.82, 2.24) is 0 Å². The SMILES string of the molecule is CCOC(=O)/C=C/c1ccc(CCCCCc2c(-c3ccc(OC)cc3)ccc3cc(OC)ccc23)cc1. The molecule has 0 spiro atoms. The number of ether oxygens (including phenoxy) is 3. The monoisotopic (exact) mass is 508 g/mol. The fourth-order valence-corrected chi connectivity index (χ4v) is 4.77. The Hall–Kier alpha value is -4.05.